The Morgan fingerprint density at radius 1 is 1.21 bits per heavy atom. The molecule has 1 saturated heterocycles. The molecule has 1 N–H and O–H groups in total. The topological polar surface area (TPSA) is 92.5 Å². The fourth-order valence-electron chi connectivity index (χ4n) is 4.00. The van der Waals surface area contributed by atoms with Crippen LogP contribution in [0.2, 0.25) is 10.0 Å². The summed E-state index contributed by atoms with van der Waals surface area (Å²) in [6.07, 6.45) is 1.04. The molecule has 1 amide bonds. The Morgan fingerprint density at radius 3 is 2.58 bits per heavy atom. The molecule has 3 aromatic rings. The first kappa shape index (κ1) is 23.6. The second-order valence-corrected chi connectivity index (χ2v) is 9.55. The third-order valence-electron chi connectivity index (χ3n) is 5.65. The normalized spacial score (nSPS) is 16.8. The molecule has 0 spiro atoms. The van der Waals surface area contributed by atoms with E-state index in [9.17, 15) is 19.5 Å². The molecule has 0 saturated carbocycles. The standard InChI is InChI=1S/C23H21Cl2N3O4S/c1-2-27-20(29)14-11-15(24)16(25)12-17(14)26-23(27)33-19(13-7-4-3-5-8-13)21(30)28-10-6-9-18(28)22(31)32/h3-5,7-8,11-12,18-19H,2,6,9-10H2,1H3,(H,31,32)/t18-,19+/m1/s1. The highest BCUT2D eigenvalue weighted by Crippen LogP contribution is 2.38. The number of aliphatic carboxylic acids is 1. The molecule has 10 heteroatoms. The van der Waals surface area contributed by atoms with Gasteiger partial charge in [-0.25, -0.2) is 9.78 Å². The third-order valence-corrected chi connectivity index (χ3v) is 7.60. The van der Waals surface area contributed by atoms with Crippen LogP contribution in [0.15, 0.2) is 52.4 Å². The van der Waals surface area contributed by atoms with Gasteiger partial charge >= 0.3 is 5.97 Å². The minimum Gasteiger partial charge on any atom is -0.480 e. The van der Waals surface area contributed by atoms with Gasteiger partial charge in [-0.1, -0.05) is 65.3 Å². The minimum atomic E-state index is -1.02. The van der Waals surface area contributed by atoms with Gasteiger partial charge in [-0.2, -0.15) is 0 Å². The van der Waals surface area contributed by atoms with Gasteiger partial charge in [0.2, 0.25) is 5.91 Å². The number of hydrogen-bond acceptors (Lipinski definition) is 5. The fraction of sp³-hybridized carbons (Fsp3) is 0.304. The molecule has 2 aromatic carbocycles. The smallest absolute Gasteiger partial charge is 0.326 e. The highest BCUT2D eigenvalue weighted by atomic mass is 35.5. The number of carbonyl (C=O) groups is 2. The van der Waals surface area contributed by atoms with Crippen LogP contribution in [0.3, 0.4) is 0 Å². The molecular formula is C23H21Cl2N3O4S. The molecule has 0 unspecified atom stereocenters. The van der Waals surface area contributed by atoms with Gasteiger partial charge in [0, 0.05) is 13.1 Å². The van der Waals surface area contributed by atoms with Crippen LogP contribution in [0.5, 0.6) is 0 Å². The Morgan fingerprint density at radius 2 is 1.91 bits per heavy atom. The van der Waals surface area contributed by atoms with Crippen molar-refractivity contribution < 1.29 is 14.7 Å². The quantitative estimate of drug-likeness (QED) is 0.387. The number of aromatic nitrogens is 2. The van der Waals surface area contributed by atoms with E-state index in [1.165, 1.54) is 21.6 Å². The molecule has 0 radical (unpaired) electrons. The first-order chi connectivity index (χ1) is 15.8. The zero-order valence-corrected chi connectivity index (χ0v) is 20.0. The maximum atomic E-state index is 13.6. The second kappa shape index (κ2) is 9.75. The zero-order valence-electron chi connectivity index (χ0n) is 17.7. The van der Waals surface area contributed by atoms with E-state index in [0.29, 0.717) is 47.6 Å². The summed E-state index contributed by atoms with van der Waals surface area (Å²) in [5, 5.41) is 10.0. The summed E-state index contributed by atoms with van der Waals surface area (Å²) in [5.41, 5.74) is 0.799. The maximum Gasteiger partial charge on any atom is 0.326 e. The van der Waals surface area contributed by atoms with Crippen LogP contribution in [0, 0.1) is 0 Å². The Kier molecular flexibility index (Phi) is 6.97. The highest BCUT2D eigenvalue weighted by molar-refractivity contribution is 8.00. The SMILES string of the molecule is CCn1c(S[C@H](C(=O)N2CCC[C@@H]2C(=O)O)c2ccccc2)nc2cc(Cl)c(Cl)cc2c1=O. The van der Waals surface area contributed by atoms with Crippen molar-refractivity contribution >= 4 is 57.7 Å². The maximum absolute atomic E-state index is 13.6. The van der Waals surface area contributed by atoms with E-state index in [2.05, 4.69) is 4.98 Å². The number of benzene rings is 2. The average Bonchev–Trinajstić information content (AvgIpc) is 3.30. The van der Waals surface area contributed by atoms with Crippen LogP contribution in [0.1, 0.15) is 30.6 Å². The van der Waals surface area contributed by atoms with E-state index in [-0.39, 0.29) is 21.5 Å². The van der Waals surface area contributed by atoms with Crippen molar-refractivity contribution in [3.8, 4) is 0 Å². The number of carbonyl (C=O) groups excluding carboxylic acids is 1. The number of fused-ring (bicyclic) bond motifs is 1. The van der Waals surface area contributed by atoms with Crippen LogP contribution in [0.4, 0.5) is 0 Å². The Labute approximate surface area is 204 Å². The molecule has 2 heterocycles. The van der Waals surface area contributed by atoms with Gasteiger partial charge in [-0.15, -0.1) is 0 Å². The number of carboxylic acids is 1. The van der Waals surface area contributed by atoms with Crippen molar-refractivity contribution in [3.05, 3.63) is 68.4 Å². The Hall–Kier alpha value is -2.55. The number of likely N-dealkylation sites (tertiary alicyclic amines) is 1. The van der Waals surface area contributed by atoms with Gasteiger partial charge in [0.15, 0.2) is 5.16 Å². The number of thioether (sulfide) groups is 1. The summed E-state index contributed by atoms with van der Waals surface area (Å²) >= 11 is 13.4. The third kappa shape index (κ3) is 4.60. The monoisotopic (exact) mass is 505 g/mol. The van der Waals surface area contributed by atoms with Crippen molar-refractivity contribution in [3.63, 3.8) is 0 Å². The molecule has 4 rings (SSSR count). The predicted molar refractivity (Wildman–Crippen MR) is 129 cm³/mol. The number of carboxylic acid groups (broad SMARTS) is 1. The van der Waals surface area contributed by atoms with Crippen LogP contribution < -0.4 is 5.56 Å². The van der Waals surface area contributed by atoms with Gasteiger partial charge in [0.25, 0.3) is 5.56 Å². The molecular weight excluding hydrogens is 485 g/mol. The minimum absolute atomic E-state index is 0.261. The van der Waals surface area contributed by atoms with Crippen molar-refractivity contribution in [2.45, 2.75) is 42.8 Å². The first-order valence-corrected chi connectivity index (χ1v) is 12.1. The number of hydrogen-bond donors (Lipinski definition) is 1. The van der Waals surface area contributed by atoms with Crippen molar-refractivity contribution in [2.24, 2.45) is 0 Å². The number of rotatable bonds is 6. The zero-order chi connectivity index (χ0) is 23.7. The lowest BCUT2D eigenvalue weighted by atomic mass is 10.1. The van der Waals surface area contributed by atoms with Crippen molar-refractivity contribution in [2.75, 3.05) is 6.54 Å². The molecule has 1 aliphatic heterocycles. The molecule has 7 nitrogen and oxygen atoms in total. The second-order valence-electron chi connectivity index (χ2n) is 7.66. The van der Waals surface area contributed by atoms with Gasteiger partial charge in [0.05, 0.1) is 20.9 Å². The molecule has 1 fully saturated rings. The lowest BCUT2D eigenvalue weighted by Crippen LogP contribution is -2.42. The van der Waals surface area contributed by atoms with E-state index in [1.807, 2.05) is 37.3 Å². The fourth-order valence-corrected chi connectivity index (χ4v) is 5.55. The number of halogens is 2. The summed E-state index contributed by atoms with van der Waals surface area (Å²) in [7, 11) is 0. The van der Waals surface area contributed by atoms with E-state index < -0.39 is 17.3 Å². The lowest BCUT2D eigenvalue weighted by Gasteiger charge is -2.27. The highest BCUT2D eigenvalue weighted by Gasteiger charge is 2.38. The average molecular weight is 506 g/mol. The molecule has 1 aromatic heterocycles. The van der Waals surface area contributed by atoms with E-state index in [4.69, 9.17) is 23.2 Å². The van der Waals surface area contributed by atoms with E-state index in [0.717, 1.165) is 11.8 Å². The van der Waals surface area contributed by atoms with Gasteiger partial charge in [-0.3, -0.25) is 14.2 Å². The molecule has 33 heavy (non-hydrogen) atoms. The summed E-state index contributed by atoms with van der Waals surface area (Å²) in [4.78, 5) is 44.5. The van der Waals surface area contributed by atoms with Gasteiger partial charge in [-0.05, 0) is 37.5 Å². The lowest BCUT2D eigenvalue weighted by molar-refractivity contribution is -0.148. The first-order valence-electron chi connectivity index (χ1n) is 10.5. The Balaban J connectivity index is 1.81. The summed E-state index contributed by atoms with van der Waals surface area (Å²) in [6.45, 7) is 2.53. The summed E-state index contributed by atoms with van der Waals surface area (Å²) in [5.74, 6) is -1.33. The van der Waals surface area contributed by atoms with Crippen LogP contribution in [-0.4, -0.2) is 44.0 Å². The van der Waals surface area contributed by atoms with Crippen molar-refractivity contribution in [1.82, 2.24) is 14.5 Å². The molecule has 0 aliphatic carbocycles. The Bertz CT molecular complexity index is 1280. The van der Waals surface area contributed by atoms with Crippen molar-refractivity contribution in [1.29, 1.82) is 0 Å². The van der Waals surface area contributed by atoms with Gasteiger partial charge in [0.1, 0.15) is 11.3 Å². The summed E-state index contributed by atoms with van der Waals surface area (Å²) < 4.78 is 1.49. The van der Waals surface area contributed by atoms with Crippen LogP contribution in [-0.2, 0) is 16.1 Å². The van der Waals surface area contributed by atoms with Crippen LogP contribution in [0.25, 0.3) is 10.9 Å². The van der Waals surface area contributed by atoms with E-state index >= 15 is 0 Å². The number of amides is 1. The molecule has 172 valence electrons. The number of nitrogens with zero attached hydrogens (tertiary/aromatic N) is 3. The predicted octanol–water partition coefficient (Wildman–Crippen LogP) is 4.63. The molecule has 0 bridgehead atoms. The van der Waals surface area contributed by atoms with Gasteiger partial charge < -0.3 is 10.0 Å². The summed E-state index contributed by atoms with van der Waals surface area (Å²) in [6, 6.07) is 11.3. The van der Waals surface area contributed by atoms with E-state index in [1.54, 1.807) is 0 Å². The van der Waals surface area contributed by atoms with Crippen LogP contribution >= 0.6 is 35.0 Å². The molecule has 1 aliphatic rings. The molecule has 2 atom stereocenters. The largest absolute Gasteiger partial charge is 0.480 e.